The molecule has 0 spiro atoms. The van der Waals surface area contributed by atoms with Crippen molar-refractivity contribution in [1.29, 1.82) is 0 Å². The fourth-order valence-corrected chi connectivity index (χ4v) is 1.86. The van der Waals surface area contributed by atoms with Crippen LogP contribution in [0.3, 0.4) is 0 Å². The second-order valence-electron chi connectivity index (χ2n) is 3.09. The minimum Gasteiger partial charge on any atom is -0.219 e. The summed E-state index contributed by atoms with van der Waals surface area (Å²) in [5.74, 6) is 0.107. The van der Waals surface area contributed by atoms with Crippen LogP contribution in [0.1, 0.15) is 11.4 Å². The number of nitrogens with zero attached hydrogens (tertiary/aromatic N) is 4. The molecule has 0 amide bonds. The van der Waals surface area contributed by atoms with Crippen molar-refractivity contribution in [3.05, 3.63) is 23.8 Å². The Morgan fingerprint density at radius 2 is 2.27 bits per heavy atom. The number of rotatable bonds is 2. The summed E-state index contributed by atoms with van der Waals surface area (Å²) in [7, 11) is 1.46. The molecule has 0 aromatic carbocycles. The lowest BCUT2D eigenvalue weighted by Crippen LogP contribution is -1.97. The third-order valence-corrected chi connectivity index (χ3v) is 2.60. The van der Waals surface area contributed by atoms with Gasteiger partial charge in [-0.15, -0.1) is 5.10 Å². The SMILES string of the molecule is Cc1cnc2nc(CS(=O)(=O)Cl)nn2c1. The van der Waals surface area contributed by atoms with Crippen molar-refractivity contribution in [2.24, 2.45) is 0 Å². The van der Waals surface area contributed by atoms with E-state index in [1.165, 1.54) is 4.52 Å². The van der Waals surface area contributed by atoms with Gasteiger partial charge >= 0.3 is 0 Å². The van der Waals surface area contributed by atoms with Gasteiger partial charge in [-0.25, -0.2) is 17.9 Å². The monoisotopic (exact) mass is 246 g/mol. The average Bonchev–Trinajstić information content (AvgIpc) is 2.42. The van der Waals surface area contributed by atoms with Crippen LogP contribution in [0.4, 0.5) is 0 Å². The van der Waals surface area contributed by atoms with Crippen LogP contribution in [0, 0.1) is 6.92 Å². The van der Waals surface area contributed by atoms with Gasteiger partial charge in [0.2, 0.25) is 9.05 Å². The summed E-state index contributed by atoms with van der Waals surface area (Å²) in [6.45, 7) is 1.85. The molecule has 0 fully saturated rings. The van der Waals surface area contributed by atoms with Crippen LogP contribution in [-0.4, -0.2) is 28.0 Å². The average molecular weight is 247 g/mol. The lowest BCUT2D eigenvalue weighted by Gasteiger charge is -1.90. The highest BCUT2D eigenvalue weighted by atomic mass is 35.7. The van der Waals surface area contributed by atoms with E-state index in [2.05, 4.69) is 15.1 Å². The fourth-order valence-electron chi connectivity index (χ4n) is 1.13. The number of fused-ring (bicyclic) bond motifs is 1. The second-order valence-corrected chi connectivity index (χ2v) is 5.86. The molecule has 0 bridgehead atoms. The van der Waals surface area contributed by atoms with E-state index in [-0.39, 0.29) is 5.82 Å². The minimum absolute atomic E-state index is 0.142. The maximum Gasteiger partial charge on any atom is 0.252 e. The van der Waals surface area contributed by atoms with E-state index < -0.39 is 14.8 Å². The maximum absolute atomic E-state index is 10.8. The molecule has 0 unspecified atom stereocenters. The highest BCUT2D eigenvalue weighted by molar-refractivity contribution is 8.13. The predicted molar refractivity (Wildman–Crippen MR) is 54.0 cm³/mol. The van der Waals surface area contributed by atoms with Gasteiger partial charge in [-0.05, 0) is 12.5 Å². The third-order valence-electron chi connectivity index (χ3n) is 1.67. The van der Waals surface area contributed by atoms with E-state index in [9.17, 15) is 8.42 Å². The molecule has 0 aliphatic carbocycles. The first-order valence-corrected chi connectivity index (χ1v) is 6.52. The molecule has 6 nitrogen and oxygen atoms in total. The first-order chi connectivity index (χ1) is 6.94. The molecule has 2 aromatic rings. The van der Waals surface area contributed by atoms with Crippen LogP contribution in [0.15, 0.2) is 12.4 Å². The maximum atomic E-state index is 10.8. The summed E-state index contributed by atoms with van der Waals surface area (Å²) in [6.07, 6.45) is 3.34. The van der Waals surface area contributed by atoms with Crippen molar-refractivity contribution in [2.75, 3.05) is 0 Å². The molecule has 8 heteroatoms. The molecule has 0 saturated heterocycles. The largest absolute Gasteiger partial charge is 0.252 e. The van der Waals surface area contributed by atoms with Crippen molar-refractivity contribution in [2.45, 2.75) is 12.7 Å². The molecule has 0 saturated carbocycles. The minimum atomic E-state index is -3.63. The molecule has 0 aliphatic heterocycles. The van der Waals surface area contributed by atoms with Crippen LogP contribution < -0.4 is 0 Å². The molecule has 0 atom stereocenters. The van der Waals surface area contributed by atoms with Crippen molar-refractivity contribution >= 4 is 25.5 Å². The summed E-state index contributed by atoms with van der Waals surface area (Å²) >= 11 is 0. The molecule has 15 heavy (non-hydrogen) atoms. The lowest BCUT2D eigenvalue weighted by molar-refractivity contribution is 0.607. The van der Waals surface area contributed by atoms with Crippen molar-refractivity contribution < 1.29 is 8.42 Å². The number of aromatic nitrogens is 4. The molecule has 2 rings (SSSR count). The molecular weight excluding hydrogens is 240 g/mol. The van der Waals surface area contributed by atoms with Crippen LogP contribution in [0.2, 0.25) is 0 Å². The first-order valence-electron chi connectivity index (χ1n) is 4.04. The van der Waals surface area contributed by atoms with E-state index in [1.54, 1.807) is 12.4 Å². The number of hydrogen-bond acceptors (Lipinski definition) is 5. The quantitative estimate of drug-likeness (QED) is 0.721. The Morgan fingerprint density at radius 3 is 2.93 bits per heavy atom. The normalized spacial score (nSPS) is 12.1. The Bertz CT molecular complexity index is 606. The number of hydrogen-bond donors (Lipinski definition) is 0. The lowest BCUT2D eigenvalue weighted by atomic mass is 10.4. The Hall–Kier alpha value is -1.21. The van der Waals surface area contributed by atoms with Gasteiger partial charge in [-0.2, -0.15) is 4.98 Å². The van der Waals surface area contributed by atoms with E-state index in [0.717, 1.165) is 5.56 Å². The van der Waals surface area contributed by atoms with Crippen LogP contribution >= 0.6 is 10.7 Å². The van der Waals surface area contributed by atoms with Gasteiger partial charge in [0.1, 0.15) is 5.75 Å². The van der Waals surface area contributed by atoms with Gasteiger partial charge in [0, 0.05) is 23.1 Å². The summed E-state index contributed by atoms with van der Waals surface area (Å²) < 4.78 is 23.0. The Balaban J connectivity index is 2.48. The summed E-state index contributed by atoms with van der Waals surface area (Å²) in [6, 6.07) is 0. The van der Waals surface area contributed by atoms with Crippen LogP contribution in [0.25, 0.3) is 5.78 Å². The predicted octanol–water partition coefficient (Wildman–Crippen LogP) is 0.501. The van der Waals surface area contributed by atoms with Crippen molar-refractivity contribution in [1.82, 2.24) is 19.6 Å². The van der Waals surface area contributed by atoms with Crippen molar-refractivity contribution in [3.63, 3.8) is 0 Å². The highest BCUT2D eigenvalue weighted by Crippen LogP contribution is 2.07. The zero-order chi connectivity index (χ0) is 11.1. The molecule has 0 aliphatic rings. The standard InChI is InChI=1S/C7H7ClN4O2S/c1-5-2-9-7-10-6(4-15(8,13)14)11-12(7)3-5/h2-3H,4H2,1H3. The van der Waals surface area contributed by atoms with Crippen LogP contribution in [-0.2, 0) is 14.8 Å². The zero-order valence-electron chi connectivity index (χ0n) is 7.75. The van der Waals surface area contributed by atoms with Crippen LogP contribution in [0.5, 0.6) is 0 Å². The van der Waals surface area contributed by atoms with Gasteiger partial charge in [0.15, 0.2) is 5.82 Å². The third kappa shape index (κ3) is 2.42. The molecule has 2 heterocycles. The van der Waals surface area contributed by atoms with E-state index >= 15 is 0 Å². The van der Waals surface area contributed by atoms with Gasteiger partial charge < -0.3 is 0 Å². The topological polar surface area (TPSA) is 77.2 Å². The second kappa shape index (κ2) is 3.42. The smallest absolute Gasteiger partial charge is 0.219 e. The first kappa shape index (κ1) is 10.3. The summed E-state index contributed by atoms with van der Waals surface area (Å²) in [5, 5.41) is 3.94. The molecule has 0 radical (unpaired) electrons. The highest BCUT2D eigenvalue weighted by Gasteiger charge is 2.12. The van der Waals surface area contributed by atoms with E-state index in [0.29, 0.717) is 5.78 Å². The van der Waals surface area contributed by atoms with E-state index in [4.69, 9.17) is 10.7 Å². The van der Waals surface area contributed by atoms with Gasteiger partial charge in [0.25, 0.3) is 5.78 Å². The Morgan fingerprint density at radius 1 is 1.53 bits per heavy atom. The number of halogens is 1. The zero-order valence-corrected chi connectivity index (χ0v) is 9.33. The fraction of sp³-hybridized carbons (Fsp3) is 0.286. The Labute approximate surface area is 90.3 Å². The summed E-state index contributed by atoms with van der Waals surface area (Å²) in [4.78, 5) is 7.90. The van der Waals surface area contributed by atoms with Gasteiger partial charge in [0.05, 0.1) is 0 Å². The Kier molecular flexibility index (Phi) is 2.35. The molecule has 80 valence electrons. The summed E-state index contributed by atoms with van der Waals surface area (Å²) in [5.41, 5.74) is 0.910. The van der Waals surface area contributed by atoms with E-state index in [1.807, 2.05) is 6.92 Å². The molecular formula is C7H7ClN4O2S. The van der Waals surface area contributed by atoms with Crippen molar-refractivity contribution in [3.8, 4) is 0 Å². The van der Waals surface area contributed by atoms with Gasteiger partial charge in [-0.1, -0.05) is 0 Å². The van der Waals surface area contributed by atoms with Gasteiger partial charge in [-0.3, -0.25) is 0 Å². The number of aryl methyl sites for hydroxylation is 1. The molecule has 0 N–H and O–H groups in total. The molecule has 2 aromatic heterocycles.